The Morgan fingerprint density at radius 1 is 1.33 bits per heavy atom. The van der Waals surface area contributed by atoms with Gasteiger partial charge in [0.25, 0.3) is 14.4 Å². The molecule has 8 nitrogen and oxygen atoms in total. The average molecular weight is 391 g/mol. The molecule has 2 rings (SSSR count). The fourth-order valence-electron chi connectivity index (χ4n) is 1.57. The average Bonchev–Trinajstić information content (AvgIpc) is 2.96. The van der Waals surface area contributed by atoms with Crippen molar-refractivity contribution in [1.82, 2.24) is 10.2 Å². The number of ether oxygens (including phenoxy) is 1. The van der Waals surface area contributed by atoms with Crippen LogP contribution in [0, 0.1) is 5.92 Å². The normalized spacial score (nSPS) is 11.4. The maximum Gasteiger partial charge on any atom is 0.291 e. The number of amides is 1. The third-order valence-corrected chi connectivity index (χ3v) is 5.60. The van der Waals surface area contributed by atoms with E-state index in [0.29, 0.717) is 10.8 Å². The minimum Gasteiger partial charge on any atom is -0.495 e. The minimum absolute atomic E-state index is 0.104. The Morgan fingerprint density at radius 3 is 2.67 bits per heavy atom. The molecule has 2 N–H and O–H groups in total. The van der Waals surface area contributed by atoms with Gasteiger partial charge in [0.05, 0.1) is 12.8 Å². The fraction of sp³-hybridized carbons (Fsp3) is 0.308. The number of rotatable bonds is 6. The number of nitrogens with zero attached hydrogens (tertiary/aromatic N) is 2. The second-order valence-electron chi connectivity index (χ2n) is 4.97. The summed E-state index contributed by atoms with van der Waals surface area (Å²) >= 11 is 6.62. The van der Waals surface area contributed by atoms with E-state index in [4.69, 9.17) is 16.3 Å². The highest BCUT2D eigenvalue weighted by Gasteiger charge is 2.23. The van der Waals surface area contributed by atoms with E-state index in [2.05, 4.69) is 20.2 Å². The lowest BCUT2D eigenvalue weighted by molar-refractivity contribution is -0.118. The summed E-state index contributed by atoms with van der Waals surface area (Å²) in [5.74, 6) is -0.233. The van der Waals surface area contributed by atoms with Crippen LogP contribution < -0.4 is 14.8 Å². The Kier molecular flexibility index (Phi) is 5.62. The summed E-state index contributed by atoms with van der Waals surface area (Å²) < 4.78 is 31.9. The highest BCUT2D eigenvalue weighted by atomic mass is 35.5. The molecule has 24 heavy (non-hydrogen) atoms. The summed E-state index contributed by atoms with van der Waals surface area (Å²) in [4.78, 5) is 11.6. The summed E-state index contributed by atoms with van der Waals surface area (Å²) in [7, 11) is -2.58. The first-order valence-corrected chi connectivity index (χ1v) is 9.41. The van der Waals surface area contributed by atoms with Gasteiger partial charge in [0.15, 0.2) is 0 Å². The van der Waals surface area contributed by atoms with Crippen molar-refractivity contribution in [3.05, 3.63) is 23.2 Å². The highest BCUT2D eigenvalue weighted by Crippen LogP contribution is 2.30. The van der Waals surface area contributed by atoms with Crippen molar-refractivity contribution in [1.29, 1.82) is 0 Å². The van der Waals surface area contributed by atoms with E-state index in [9.17, 15) is 13.2 Å². The molecular weight excluding hydrogens is 376 g/mol. The largest absolute Gasteiger partial charge is 0.495 e. The Labute approximate surface area is 148 Å². The van der Waals surface area contributed by atoms with Crippen molar-refractivity contribution in [3.8, 4) is 5.75 Å². The first-order valence-electron chi connectivity index (χ1n) is 6.73. The van der Waals surface area contributed by atoms with Gasteiger partial charge < -0.3 is 10.1 Å². The molecule has 0 aliphatic carbocycles. The molecular formula is C13H15ClN4O4S2. The van der Waals surface area contributed by atoms with Crippen LogP contribution in [0.5, 0.6) is 5.75 Å². The molecule has 1 aromatic carbocycles. The van der Waals surface area contributed by atoms with Gasteiger partial charge in [-0.05, 0) is 18.2 Å². The monoisotopic (exact) mass is 390 g/mol. The second-order valence-corrected chi connectivity index (χ2v) is 8.24. The van der Waals surface area contributed by atoms with Crippen LogP contribution in [0.4, 0.5) is 10.8 Å². The van der Waals surface area contributed by atoms with E-state index in [-0.39, 0.29) is 27.0 Å². The van der Waals surface area contributed by atoms with Crippen LogP contribution in [0.2, 0.25) is 5.02 Å². The Morgan fingerprint density at radius 2 is 2.04 bits per heavy atom. The van der Waals surface area contributed by atoms with Crippen LogP contribution in [0.15, 0.2) is 22.5 Å². The number of anilines is 2. The molecule has 0 aliphatic rings. The number of hydrogen-bond donors (Lipinski definition) is 2. The number of methoxy groups -OCH3 is 1. The zero-order valence-corrected chi connectivity index (χ0v) is 15.4. The molecule has 1 amide bonds. The van der Waals surface area contributed by atoms with Crippen molar-refractivity contribution in [2.75, 3.05) is 17.1 Å². The molecule has 0 bridgehead atoms. The molecule has 0 saturated carbocycles. The van der Waals surface area contributed by atoms with E-state index in [1.807, 2.05) is 0 Å². The third kappa shape index (κ3) is 4.34. The zero-order valence-electron chi connectivity index (χ0n) is 13.0. The minimum atomic E-state index is -3.99. The molecule has 11 heteroatoms. The quantitative estimate of drug-likeness (QED) is 0.733. The number of carbonyl (C=O) groups excluding carboxylic acids is 1. The number of carbonyl (C=O) groups is 1. The summed E-state index contributed by atoms with van der Waals surface area (Å²) in [5, 5.41) is 10.2. The van der Waals surface area contributed by atoms with Crippen LogP contribution in [0.1, 0.15) is 13.8 Å². The van der Waals surface area contributed by atoms with E-state index < -0.39 is 10.0 Å². The number of aromatic nitrogens is 2. The molecule has 0 fully saturated rings. The fourth-order valence-corrected chi connectivity index (χ4v) is 3.70. The van der Waals surface area contributed by atoms with E-state index in [0.717, 1.165) is 11.3 Å². The highest BCUT2D eigenvalue weighted by molar-refractivity contribution is 7.94. The maximum absolute atomic E-state index is 12.4. The molecule has 1 aromatic heterocycles. The van der Waals surface area contributed by atoms with Crippen molar-refractivity contribution in [2.24, 2.45) is 5.92 Å². The SMILES string of the molecule is COc1ccc(Cl)cc1NS(=O)(=O)c1nnc(NC(=O)C(C)C)s1. The van der Waals surface area contributed by atoms with E-state index >= 15 is 0 Å². The van der Waals surface area contributed by atoms with Gasteiger partial charge in [0, 0.05) is 10.9 Å². The van der Waals surface area contributed by atoms with Crippen LogP contribution in [-0.2, 0) is 14.8 Å². The lowest BCUT2D eigenvalue weighted by Gasteiger charge is -2.10. The summed E-state index contributed by atoms with van der Waals surface area (Å²) in [6.07, 6.45) is 0. The van der Waals surface area contributed by atoms with Gasteiger partial charge >= 0.3 is 0 Å². The number of nitrogens with one attached hydrogen (secondary N) is 2. The van der Waals surface area contributed by atoms with Gasteiger partial charge in [0.2, 0.25) is 11.0 Å². The Bertz CT molecular complexity index is 851. The maximum atomic E-state index is 12.4. The van der Waals surface area contributed by atoms with Crippen LogP contribution in [-0.4, -0.2) is 31.6 Å². The molecule has 0 spiro atoms. The summed E-state index contributed by atoms with van der Waals surface area (Å²) in [6.45, 7) is 3.42. The van der Waals surface area contributed by atoms with Gasteiger partial charge in [-0.1, -0.05) is 36.8 Å². The van der Waals surface area contributed by atoms with Gasteiger partial charge in [-0.3, -0.25) is 9.52 Å². The topological polar surface area (TPSA) is 110 Å². The van der Waals surface area contributed by atoms with E-state index in [1.54, 1.807) is 19.9 Å². The second kappa shape index (κ2) is 7.32. The Balaban J connectivity index is 2.24. The first-order chi connectivity index (χ1) is 11.2. The lowest BCUT2D eigenvalue weighted by Crippen LogP contribution is -2.17. The van der Waals surface area contributed by atoms with Crippen LogP contribution in [0.25, 0.3) is 0 Å². The molecule has 2 aromatic rings. The van der Waals surface area contributed by atoms with Gasteiger partial charge in [-0.2, -0.15) is 8.42 Å². The number of sulfonamides is 1. The predicted molar refractivity (Wildman–Crippen MR) is 92.2 cm³/mol. The third-order valence-electron chi connectivity index (χ3n) is 2.80. The number of benzene rings is 1. The molecule has 0 saturated heterocycles. The van der Waals surface area contributed by atoms with Gasteiger partial charge in [-0.15, -0.1) is 10.2 Å². The van der Waals surface area contributed by atoms with Crippen LogP contribution in [0.3, 0.4) is 0 Å². The number of hydrogen-bond acceptors (Lipinski definition) is 7. The molecule has 130 valence electrons. The molecule has 0 radical (unpaired) electrons. The molecule has 0 atom stereocenters. The van der Waals surface area contributed by atoms with Crippen molar-refractivity contribution in [2.45, 2.75) is 18.2 Å². The molecule has 0 unspecified atom stereocenters. The first kappa shape index (κ1) is 18.4. The van der Waals surface area contributed by atoms with Crippen molar-refractivity contribution >= 4 is 49.7 Å². The summed E-state index contributed by atoms with van der Waals surface area (Å²) in [6, 6.07) is 4.53. The number of halogens is 1. The van der Waals surface area contributed by atoms with Crippen molar-refractivity contribution in [3.63, 3.8) is 0 Å². The smallest absolute Gasteiger partial charge is 0.291 e. The molecule has 0 aliphatic heterocycles. The van der Waals surface area contributed by atoms with Crippen molar-refractivity contribution < 1.29 is 17.9 Å². The summed E-state index contributed by atoms with van der Waals surface area (Å²) in [5.41, 5.74) is 0.174. The van der Waals surface area contributed by atoms with Gasteiger partial charge in [0.1, 0.15) is 5.75 Å². The van der Waals surface area contributed by atoms with E-state index in [1.165, 1.54) is 19.2 Å². The Hall–Kier alpha value is -1.91. The molecule has 1 heterocycles. The lowest BCUT2D eigenvalue weighted by atomic mass is 10.2. The van der Waals surface area contributed by atoms with Crippen LogP contribution >= 0.6 is 22.9 Å². The standard InChI is InChI=1S/C13H15ClN4O4S2/c1-7(2)11(19)15-12-16-17-13(23-12)24(20,21)18-9-6-8(14)4-5-10(9)22-3/h4-7,18H,1-3H3,(H,15,16,19). The predicted octanol–water partition coefficient (Wildman–Crippen LogP) is 2.60. The zero-order chi connectivity index (χ0) is 17.9. The van der Waals surface area contributed by atoms with Gasteiger partial charge in [-0.25, -0.2) is 0 Å².